The molecule has 0 radical (unpaired) electrons. The second-order valence-corrected chi connectivity index (χ2v) is 8.45. The highest BCUT2D eigenvalue weighted by Gasteiger charge is 2.15. The lowest BCUT2D eigenvalue weighted by Gasteiger charge is -2.33. The van der Waals surface area contributed by atoms with Crippen LogP contribution < -0.4 is 15.5 Å². The monoisotopic (exact) mass is 531 g/mol. The van der Waals surface area contributed by atoms with Gasteiger partial charge in [0.15, 0.2) is 5.96 Å². The standard InChI is InChI=1S/C22H41N7.HI/c1-18(2)29(19(3)4)11-7-10-24-22(23-5)26-17-20-8-9-21(25-16-20)28-14-12-27(6)13-15-28;/h8-9,16,18-19H,7,10-15,17H2,1-6H3,(H2,23,24,26);1H. The summed E-state index contributed by atoms with van der Waals surface area (Å²) in [6, 6.07) is 5.44. The maximum Gasteiger partial charge on any atom is 0.191 e. The summed E-state index contributed by atoms with van der Waals surface area (Å²) in [4.78, 5) is 16.2. The normalized spacial score (nSPS) is 15.6. The maximum atomic E-state index is 4.66. The molecule has 1 aliphatic rings. The number of guanidine groups is 1. The number of aliphatic imine (C=N–C) groups is 1. The molecular weight excluding hydrogens is 489 g/mol. The quantitative estimate of drug-likeness (QED) is 0.221. The summed E-state index contributed by atoms with van der Waals surface area (Å²) in [7, 11) is 3.99. The zero-order valence-electron chi connectivity index (χ0n) is 19.7. The van der Waals surface area contributed by atoms with E-state index in [4.69, 9.17) is 0 Å². The van der Waals surface area contributed by atoms with Crippen LogP contribution in [0.15, 0.2) is 23.3 Å². The van der Waals surface area contributed by atoms with Gasteiger partial charge in [0.1, 0.15) is 5.82 Å². The van der Waals surface area contributed by atoms with E-state index in [-0.39, 0.29) is 24.0 Å². The fourth-order valence-corrected chi connectivity index (χ4v) is 3.73. The van der Waals surface area contributed by atoms with Crippen molar-refractivity contribution >= 4 is 35.8 Å². The van der Waals surface area contributed by atoms with Crippen molar-refractivity contribution in [3.63, 3.8) is 0 Å². The molecule has 2 N–H and O–H groups in total. The Labute approximate surface area is 200 Å². The summed E-state index contributed by atoms with van der Waals surface area (Å²) in [5.41, 5.74) is 1.16. The number of piperazine rings is 1. The highest BCUT2D eigenvalue weighted by Crippen LogP contribution is 2.13. The second kappa shape index (κ2) is 14.0. The van der Waals surface area contributed by atoms with Gasteiger partial charge in [0.05, 0.1) is 0 Å². The third-order valence-electron chi connectivity index (χ3n) is 5.53. The minimum absolute atomic E-state index is 0. The van der Waals surface area contributed by atoms with Gasteiger partial charge in [0.2, 0.25) is 0 Å². The number of rotatable bonds is 9. The predicted octanol–water partition coefficient (Wildman–Crippen LogP) is 2.63. The lowest BCUT2D eigenvalue weighted by Crippen LogP contribution is -2.44. The van der Waals surface area contributed by atoms with Gasteiger partial charge < -0.3 is 20.4 Å². The molecule has 30 heavy (non-hydrogen) atoms. The molecule has 2 heterocycles. The largest absolute Gasteiger partial charge is 0.356 e. The van der Waals surface area contributed by atoms with Crippen LogP contribution in [0.2, 0.25) is 0 Å². The van der Waals surface area contributed by atoms with Gasteiger partial charge in [-0.05, 0) is 52.8 Å². The molecule has 1 saturated heterocycles. The van der Waals surface area contributed by atoms with Crippen molar-refractivity contribution < 1.29 is 0 Å². The molecule has 8 heteroatoms. The number of anilines is 1. The molecule has 0 spiro atoms. The molecule has 0 aromatic carbocycles. The number of nitrogens with one attached hydrogen (secondary N) is 2. The molecular formula is C22H42IN7. The molecule has 0 atom stereocenters. The van der Waals surface area contributed by atoms with Crippen molar-refractivity contribution in [2.24, 2.45) is 4.99 Å². The average Bonchev–Trinajstić information content (AvgIpc) is 2.70. The number of halogens is 1. The Hall–Kier alpha value is -1.13. The van der Waals surface area contributed by atoms with Crippen LogP contribution in [0.25, 0.3) is 0 Å². The van der Waals surface area contributed by atoms with Crippen LogP contribution in [0.5, 0.6) is 0 Å². The van der Waals surface area contributed by atoms with Gasteiger partial charge in [0.25, 0.3) is 0 Å². The Balaban J connectivity index is 0.00000450. The van der Waals surface area contributed by atoms with Crippen molar-refractivity contribution in [2.75, 3.05) is 58.3 Å². The smallest absolute Gasteiger partial charge is 0.191 e. The van der Waals surface area contributed by atoms with Crippen LogP contribution in [-0.2, 0) is 6.54 Å². The average molecular weight is 532 g/mol. The van der Waals surface area contributed by atoms with E-state index < -0.39 is 0 Å². The molecule has 0 amide bonds. The first-order valence-corrected chi connectivity index (χ1v) is 11.0. The molecule has 0 bridgehead atoms. The van der Waals surface area contributed by atoms with Crippen LogP contribution in [0.3, 0.4) is 0 Å². The topological polar surface area (TPSA) is 59.0 Å². The lowest BCUT2D eigenvalue weighted by molar-refractivity contribution is 0.173. The summed E-state index contributed by atoms with van der Waals surface area (Å²) in [5, 5.41) is 6.81. The first-order chi connectivity index (χ1) is 13.9. The summed E-state index contributed by atoms with van der Waals surface area (Å²) in [5.74, 6) is 1.91. The third kappa shape index (κ3) is 8.93. The molecule has 1 aromatic rings. The number of pyridine rings is 1. The van der Waals surface area contributed by atoms with Crippen molar-refractivity contribution in [2.45, 2.75) is 52.7 Å². The highest BCUT2D eigenvalue weighted by molar-refractivity contribution is 14.0. The van der Waals surface area contributed by atoms with E-state index in [1.807, 2.05) is 13.2 Å². The minimum Gasteiger partial charge on any atom is -0.356 e. The van der Waals surface area contributed by atoms with Gasteiger partial charge in [-0.15, -0.1) is 24.0 Å². The fourth-order valence-electron chi connectivity index (χ4n) is 3.73. The van der Waals surface area contributed by atoms with Crippen molar-refractivity contribution in [1.29, 1.82) is 0 Å². The number of nitrogens with zero attached hydrogens (tertiary/aromatic N) is 5. The number of aromatic nitrogens is 1. The SMILES string of the molecule is CN=C(NCCCN(C(C)C)C(C)C)NCc1ccc(N2CCN(C)CC2)nc1.I. The van der Waals surface area contributed by atoms with Gasteiger partial charge in [-0.25, -0.2) is 4.98 Å². The summed E-state index contributed by atoms with van der Waals surface area (Å²) in [6.07, 6.45) is 3.06. The minimum atomic E-state index is 0. The molecule has 2 rings (SSSR count). The summed E-state index contributed by atoms with van der Waals surface area (Å²) in [6.45, 7) is 16.1. The summed E-state index contributed by atoms with van der Waals surface area (Å²) >= 11 is 0. The van der Waals surface area contributed by atoms with Crippen molar-refractivity contribution in [3.8, 4) is 0 Å². The van der Waals surface area contributed by atoms with E-state index in [0.717, 1.165) is 69.6 Å². The van der Waals surface area contributed by atoms with E-state index in [0.29, 0.717) is 12.1 Å². The van der Waals surface area contributed by atoms with Gasteiger partial charge in [-0.3, -0.25) is 9.89 Å². The van der Waals surface area contributed by atoms with E-state index in [9.17, 15) is 0 Å². The van der Waals surface area contributed by atoms with Crippen LogP contribution in [0.1, 0.15) is 39.7 Å². The Kier molecular flexibility index (Phi) is 12.6. The van der Waals surface area contributed by atoms with E-state index in [1.165, 1.54) is 0 Å². The zero-order chi connectivity index (χ0) is 21.2. The van der Waals surface area contributed by atoms with Crippen LogP contribution in [-0.4, -0.2) is 86.2 Å². The van der Waals surface area contributed by atoms with Crippen LogP contribution in [0, 0.1) is 0 Å². The first-order valence-electron chi connectivity index (χ1n) is 11.0. The van der Waals surface area contributed by atoms with E-state index in [1.54, 1.807) is 0 Å². The van der Waals surface area contributed by atoms with Gasteiger partial charge in [0, 0.05) is 71.1 Å². The molecule has 1 aliphatic heterocycles. The van der Waals surface area contributed by atoms with Gasteiger partial charge in [-0.2, -0.15) is 0 Å². The Bertz CT molecular complexity index is 602. The molecule has 0 saturated carbocycles. The molecule has 0 aliphatic carbocycles. The lowest BCUT2D eigenvalue weighted by atomic mass is 10.2. The Morgan fingerprint density at radius 1 is 1.10 bits per heavy atom. The maximum absolute atomic E-state index is 4.66. The molecule has 7 nitrogen and oxygen atoms in total. The molecule has 1 aromatic heterocycles. The number of likely N-dealkylation sites (N-methyl/N-ethyl adjacent to an activating group) is 1. The molecule has 0 unspecified atom stereocenters. The van der Waals surface area contributed by atoms with E-state index >= 15 is 0 Å². The Morgan fingerprint density at radius 2 is 1.77 bits per heavy atom. The van der Waals surface area contributed by atoms with Gasteiger partial charge >= 0.3 is 0 Å². The second-order valence-electron chi connectivity index (χ2n) is 8.45. The van der Waals surface area contributed by atoms with Gasteiger partial charge in [-0.1, -0.05) is 6.07 Å². The molecule has 172 valence electrons. The summed E-state index contributed by atoms with van der Waals surface area (Å²) < 4.78 is 0. The third-order valence-corrected chi connectivity index (χ3v) is 5.53. The number of hydrogen-bond acceptors (Lipinski definition) is 5. The number of hydrogen-bond donors (Lipinski definition) is 2. The zero-order valence-corrected chi connectivity index (χ0v) is 22.0. The first kappa shape index (κ1) is 26.9. The Morgan fingerprint density at radius 3 is 2.30 bits per heavy atom. The fraction of sp³-hybridized carbons (Fsp3) is 0.727. The highest BCUT2D eigenvalue weighted by atomic mass is 127. The predicted molar refractivity (Wildman–Crippen MR) is 139 cm³/mol. The van der Waals surface area contributed by atoms with E-state index in [2.05, 4.69) is 82.2 Å². The molecule has 1 fully saturated rings. The van der Waals surface area contributed by atoms with Crippen molar-refractivity contribution in [3.05, 3.63) is 23.9 Å². The van der Waals surface area contributed by atoms with Crippen molar-refractivity contribution in [1.82, 2.24) is 25.4 Å². The van der Waals surface area contributed by atoms with Crippen LogP contribution >= 0.6 is 24.0 Å². The van der Waals surface area contributed by atoms with Crippen LogP contribution in [0.4, 0.5) is 5.82 Å².